The first kappa shape index (κ1) is 14.6. The predicted molar refractivity (Wildman–Crippen MR) is 94.1 cm³/mol. The third-order valence-corrected chi connectivity index (χ3v) is 6.19. The molecule has 2 aliphatic heterocycles. The minimum Gasteiger partial charge on any atom is -0.318 e. The summed E-state index contributed by atoms with van der Waals surface area (Å²) in [5, 5.41) is 2.17. The molecule has 1 aromatic heterocycles. The summed E-state index contributed by atoms with van der Waals surface area (Å²) in [5.41, 5.74) is 1.20. The SMILES string of the molecule is CN1CCN(C2C=C(Cl)C3=C(C2)Sc2cccn2C=C3)CC1. The zero-order valence-electron chi connectivity index (χ0n) is 12.7. The molecule has 0 N–H and O–H groups in total. The van der Waals surface area contributed by atoms with Gasteiger partial charge in [-0.25, -0.2) is 0 Å². The number of thioether (sulfide) groups is 1. The van der Waals surface area contributed by atoms with Gasteiger partial charge < -0.3 is 9.47 Å². The van der Waals surface area contributed by atoms with Crippen molar-refractivity contribution in [2.24, 2.45) is 0 Å². The Hall–Kier alpha value is -0.940. The Kier molecular flexibility index (Phi) is 3.95. The molecule has 0 spiro atoms. The summed E-state index contributed by atoms with van der Waals surface area (Å²) in [6.45, 7) is 4.54. The maximum atomic E-state index is 6.61. The number of hydrogen-bond donors (Lipinski definition) is 0. The number of fused-ring (bicyclic) bond motifs is 1. The average molecular weight is 334 g/mol. The van der Waals surface area contributed by atoms with Crippen LogP contribution in [0, 0.1) is 0 Å². The van der Waals surface area contributed by atoms with Crippen molar-refractivity contribution in [3.63, 3.8) is 0 Å². The van der Waals surface area contributed by atoms with Gasteiger partial charge in [0.1, 0.15) is 0 Å². The second-order valence-electron chi connectivity index (χ2n) is 6.13. The minimum absolute atomic E-state index is 0.433. The van der Waals surface area contributed by atoms with E-state index < -0.39 is 0 Å². The predicted octanol–water partition coefficient (Wildman–Crippen LogP) is 3.46. The summed E-state index contributed by atoms with van der Waals surface area (Å²) < 4.78 is 2.16. The number of halogens is 1. The summed E-state index contributed by atoms with van der Waals surface area (Å²) in [7, 11) is 2.20. The molecule has 0 radical (unpaired) electrons. The zero-order chi connectivity index (χ0) is 15.1. The van der Waals surface area contributed by atoms with Crippen LogP contribution in [0.1, 0.15) is 6.42 Å². The highest BCUT2D eigenvalue weighted by atomic mass is 35.5. The second kappa shape index (κ2) is 5.93. The van der Waals surface area contributed by atoms with Gasteiger partial charge in [-0.05, 0) is 37.8 Å². The van der Waals surface area contributed by atoms with Crippen molar-refractivity contribution < 1.29 is 0 Å². The smallest absolute Gasteiger partial charge is 0.0834 e. The maximum absolute atomic E-state index is 6.61. The first-order valence-electron chi connectivity index (χ1n) is 7.77. The van der Waals surface area contributed by atoms with E-state index in [0.717, 1.165) is 37.6 Å². The third-order valence-electron chi connectivity index (χ3n) is 4.67. The first-order valence-corrected chi connectivity index (χ1v) is 8.96. The highest BCUT2D eigenvalue weighted by Gasteiger charge is 2.28. The molecule has 1 aliphatic carbocycles. The Balaban J connectivity index is 1.58. The van der Waals surface area contributed by atoms with E-state index in [-0.39, 0.29) is 0 Å². The molecule has 22 heavy (non-hydrogen) atoms. The van der Waals surface area contributed by atoms with Crippen molar-refractivity contribution >= 4 is 29.6 Å². The number of allylic oxidation sites excluding steroid dienone is 3. The summed E-state index contributed by atoms with van der Waals surface area (Å²) in [5.74, 6) is 0. The third kappa shape index (κ3) is 2.69. The molecule has 1 unspecified atom stereocenters. The summed E-state index contributed by atoms with van der Waals surface area (Å²) in [6, 6.07) is 4.70. The van der Waals surface area contributed by atoms with Crippen LogP contribution < -0.4 is 0 Å². The van der Waals surface area contributed by atoms with Crippen molar-refractivity contribution in [2.45, 2.75) is 17.5 Å². The number of hydrogen-bond acceptors (Lipinski definition) is 3. The quantitative estimate of drug-likeness (QED) is 0.780. The van der Waals surface area contributed by atoms with Crippen LogP contribution in [0.2, 0.25) is 0 Å². The molecule has 0 bridgehead atoms. The fourth-order valence-corrected chi connectivity index (χ4v) is 4.82. The number of piperazine rings is 1. The normalized spacial score (nSPS) is 26.5. The average Bonchev–Trinajstić information content (AvgIpc) is 2.87. The van der Waals surface area contributed by atoms with E-state index in [4.69, 9.17) is 11.6 Å². The lowest BCUT2D eigenvalue weighted by molar-refractivity contribution is 0.129. The van der Waals surface area contributed by atoms with E-state index >= 15 is 0 Å². The summed E-state index contributed by atoms with van der Waals surface area (Å²) in [6.07, 6.45) is 9.66. The van der Waals surface area contributed by atoms with Crippen LogP contribution in [-0.4, -0.2) is 53.6 Å². The van der Waals surface area contributed by atoms with Crippen molar-refractivity contribution in [1.29, 1.82) is 0 Å². The van der Waals surface area contributed by atoms with Gasteiger partial charge in [0.15, 0.2) is 0 Å². The van der Waals surface area contributed by atoms with Gasteiger partial charge in [0.25, 0.3) is 0 Å². The molecule has 0 amide bonds. The molecule has 116 valence electrons. The molecular formula is C17H20ClN3S. The van der Waals surface area contributed by atoms with E-state index in [9.17, 15) is 0 Å². The van der Waals surface area contributed by atoms with Crippen LogP contribution in [0.15, 0.2) is 51.0 Å². The van der Waals surface area contributed by atoms with Gasteiger partial charge in [-0.3, -0.25) is 4.90 Å². The Bertz CT molecular complexity index is 665. The van der Waals surface area contributed by atoms with E-state index in [1.165, 1.54) is 15.5 Å². The number of likely N-dealkylation sites (N-methyl/N-ethyl adjacent to an activating group) is 1. The van der Waals surface area contributed by atoms with E-state index in [0.29, 0.717) is 6.04 Å². The van der Waals surface area contributed by atoms with E-state index in [1.54, 1.807) is 0 Å². The number of rotatable bonds is 1. The molecule has 5 heteroatoms. The lowest BCUT2D eigenvalue weighted by atomic mass is 10.00. The lowest BCUT2D eigenvalue weighted by Crippen LogP contribution is -2.48. The number of aromatic nitrogens is 1. The van der Waals surface area contributed by atoms with Gasteiger partial charge in [0.2, 0.25) is 0 Å². The molecule has 1 atom stereocenters. The molecule has 3 heterocycles. The highest BCUT2D eigenvalue weighted by molar-refractivity contribution is 8.03. The zero-order valence-corrected chi connectivity index (χ0v) is 14.3. The van der Waals surface area contributed by atoms with Crippen LogP contribution in [0.5, 0.6) is 0 Å². The fourth-order valence-electron chi connectivity index (χ4n) is 3.28. The van der Waals surface area contributed by atoms with Crippen LogP contribution in [0.25, 0.3) is 6.20 Å². The van der Waals surface area contributed by atoms with Gasteiger partial charge in [-0.2, -0.15) is 0 Å². The van der Waals surface area contributed by atoms with Gasteiger partial charge >= 0.3 is 0 Å². The second-order valence-corrected chi connectivity index (χ2v) is 7.66. The topological polar surface area (TPSA) is 11.4 Å². The monoisotopic (exact) mass is 333 g/mol. The molecule has 1 saturated heterocycles. The molecule has 0 aromatic carbocycles. The maximum Gasteiger partial charge on any atom is 0.0834 e. The van der Waals surface area contributed by atoms with E-state index in [1.807, 2.05) is 11.8 Å². The molecule has 1 aromatic rings. The Morgan fingerprint density at radius 3 is 2.86 bits per heavy atom. The molecule has 4 rings (SSSR count). The summed E-state index contributed by atoms with van der Waals surface area (Å²) >= 11 is 8.47. The minimum atomic E-state index is 0.433. The number of nitrogens with zero attached hydrogens (tertiary/aromatic N) is 3. The molecule has 0 saturated carbocycles. The summed E-state index contributed by atoms with van der Waals surface area (Å²) in [4.78, 5) is 6.36. The van der Waals surface area contributed by atoms with Crippen molar-refractivity contribution in [1.82, 2.24) is 14.4 Å². The highest BCUT2D eigenvalue weighted by Crippen LogP contribution is 2.42. The van der Waals surface area contributed by atoms with Gasteiger partial charge in [0.05, 0.1) is 5.03 Å². The van der Waals surface area contributed by atoms with Crippen LogP contribution >= 0.6 is 23.4 Å². The van der Waals surface area contributed by atoms with Crippen molar-refractivity contribution in [3.8, 4) is 0 Å². The van der Waals surface area contributed by atoms with Gasteiger partial charge in [0, 0.05) is 60.1 Å². The molecule has 3 aliphatic rings. The molecule has 3 nitrogen and oxygen atoms in total. The standard InChI is InChI=1S/C17H20ClN3S/c1-19-7-9-20(10-8-19)13-11-15(18)14-4-6-21-5-2-3-17(21)22-16(14)12-13/h2-6,11,13H,7-10,12H2,1H3. The largest absolute Gasteiger partial charge is 0.318 e. The molecule has 1 fully saturated rings. The van der Waals surface area contributed by atoms with Crippen molar-refractivity contribution in [2.75, 3.05) is 33.2 Å². The lowest BCUT2D eigenvalue weighted by Gasteiger charge is -2.38. The Labute approximate surface area is 140 Å². The van der Waals surface area contributed by atoms with Crippen LogP contribution in [-0.2, 0) is 0 Å². The first-order chi connectivity index (χ1) is 10.7. The Morgan fingerprint density at radius 2 is 2.05 bits per heavy atom. The molecular weight excluding hydrogens is 314 g/mol. The Morgan fingerprint density at radius 1 is 1.23 bits per heavy atom. The van der Waals surface area contributed by atoms with Crippen molar-refractivity contribution in [3.05, 3.63) is 46.0 Å². The van der Waals surface area contributed by atoms with Gasteiger partial charge in [-0.15, -0.1) is 0 Å². The van der Waals surface area contributed by atoms with Gasteiger partial charge in [-0.1, -0.05) is 23.4 Å². The van der Waals surface area contributed by atoms with Crippen LogP contribution in [0.3, 0.4) is 0 Å². The van der Waals surface area contributed by atoms with E-state index in [2.05, 4.69) is 58.1 Å². The van der Waals surface area contributed by atoms with Crippen LogP contribution in [0.4, 0.5) is 0 Å². The fraction of sp³-hybridized carbons (Fsp3) is 0.412.